The summed E-state index contributed by atoms with van der Waals surface area (Å²) in [5, 5.41) is 11.0. The molecule has 2 aliphatic rings. The van der Waals surface area contributed by atoms with Gasteiger partial charge in [-0.15, -0.1) is 11.3 Å². The SMILES string of the molecule is CN1CCN(c2nc(CNN)c(-c3sc4c(c3C(=O)O)CC(C)(C)CC4)s2)CC1. The van der Waals surface area contributed by atoms with Crippen LogP contribution >= 0.6 is 22.7 Å². The summed E-state index contributed by atoms with van der Waals surface area (Å²) < 4.78 is 0. The van der Waals surface area contributed by atoms with Crippen LogP contribution in [0, 0.1) is 5.41 Å². The molecule has 2 aromatic rings. The van der Waals surface area contributed by atoms with Gasteiger partial charge in [0.05, 0.1) is 27.6 Å². The molecule has 0 spiro atoms. The van der Waals surface area contributed by atoms with Crippen molar-refractivity contribution in [3.05, 3.63) is 21.7 Å². The molecule has 29 heavy (non-hydrogen) atoms. The summed E-state index contributed by atoms with van der Waals surface area (Å²) in [4.78, 5) is 24.8. The average Bonchev–Trinajstić information content (AvgIpc) is 3.23. The van der Waals surface area contributed by atoms with Crippen LogP contribution in [-0.2, 0) is 19.4 Å². The van der Waals surface area contributed by atoms with Crippen LogP contribution in [0.5, 0.6) is 0 Å². The summed E-state index contributed by atoms with van der Waals surface area (Å²) in [6, 6.07) is 0. The Balaban J connectivity index is 1.78. The first-order valence-electron chi connectivity index (χ1n) is 10.0. The van der Waals surface area contributed by atoms with E-state index in [0.29, 0.717) is 12.1 Å². The zero-order valence-corrected chi connectivity index (χ0v) is 18.9. The lowest BCUT2D eigenvalue weighted by Crippen LogP contribution is -2.44. The number of carboxylic acid groups (broad SMARTS) is 1. The zero-order chi connectivity index (χ0) is 20.8. The molecular formula is C20H29N5O2S2. The maximum absolute atomic E-state index is 12.3. The van der Waals surface area contributed by atoms with Gasteiger partial charge in [0.1, 0.15) is 0 Å². The van der Waals surface area contributed by atoms with E-state index in [-0.39, 0.29) is 5.41 Å². The number of aromatic nitrogens is 1. The van der Waals surface area contributed by atoms with Crippen molar-refractivity contribution in [1.82, 2.24) is 15.3 Å². The van der Waals surface area contributed by atoms with Crippen LogP contribution in [-0.4, -0.2) is 54.2 Å². The lowest BCUT2D eigenvalue weighted by atomic mass is 9.76. The minimum absolute atomic E-state index is 0.135. The second-order valence-electron chi connectivity index (χ2n) is 8.80. The number of nitrogens with two attached hydrogens (primary N) is 1. The lowest BCUT2D eigenvalue weighted by Gasteiger charge is -2.32. The molecule has 1 aliphatic heterocycles. The fraction of sp³-hybridized carbons (Fsp3) is 0.600. The highest BCUT2D eigenvalue weighted by atomic mass is 32.1. The average molecular weight is 436 g/mol. The summed E-state index contributed by atoms with van der Waals surface area (Å²) in [5.41, 5.74) is 5.19. The van der Waals surface area contributed by atoms with Crippen molar-refractivity contribution < 1.29 is 9.90 Å². The molecule has 0 saturated carbocycles. The number of aromatic carboxylic acids is 1. The molecule has 1 aliphatic carbocycles. The quantitative estimate of drug-likeness (QED) is 0.491. The van der Waals surface area contributed by atoms with Crippen LogP contribution in [0.2, 0.25) is 0 Å². The summed E-state index contributed by atoms with van der Waals surface area (Å²) in [6.07, 6.45) is 2.85. The lowest BCUT2D eigenvalue weighted by molar-refractivity contribution is 0.0696. The van der Waals surface area contributed by atoms with Gasteiger partial charge in [-0.25, -0.2) is 9.78 Å². The maximum Gasteiger partial charge on any atom is 0.337 e. The number of hydrazine groups is 1. The van der Waals surface area contributed by atoms with Gasteiger partial charge in [0.2, 0.25) is 0 Å². The van der Waals surface area contributed by atoms with E-state index >= 15 is 0 Å². The molecular weight excluding hydrogens is 406 g/mol. The number of hydrogen-bond donors (Lipinski definition) is 3. The smallest absolute Gasteiger partial charge is 0.337 e. The van der Waals surface area contributed by atoms with Crippen LogP contribution in [0.25, 0.3) is 9.75 Å². The van der Waals surface area contributed by atoms with Gasteiger partial charge >= 0.3 is 5.97 Å². The number of carbonyl (C=O) groups is 1. The van der Waals surface area contributed by atoms with E-state index in [0.717, 1.165) is 71.6 Å². The van der Waals surface area contributed by atoms with E-state index in [9.17, 15) is 9.90 Å². The van der Waals surface area contributed by atoms with Crippen molar-refractivity contribution in [2.45, 2.75) is 39.7 Å². The summed E-state index contributed by atoms with van der Waals surface area (Å²) in [7, 11) is 2.13. The third-order valence-electron chi connectivity index (χ3n) is 5.92. The van der Waals surface area contributed by atoms with Crippen LogP contribution in [0.1, 0.15) is 46.8 Å². The van der Waals surface area contributed by atoms with Crippen molar-refractivity contribution in [3.63, 3.8) is 0 Å². The van der Waals surface area contributed by atoms with Gasteiger partial charge in [-0.1, -0.05) is 25.2 Å². The molecule has 0 bridgehead atoms. The molecule has 7 nitrogen and oxygen atoms in total. The predicted molar refractivity (Wildman–Crippen MR) is 119 cm³/mol. The van der Waals surface area contributed by atoms with Crippen molar-refractivity contribution in [2.75, 3.05) is 38.1 Å². The highest BCUT2D eigenvalue weighted by Crippen LogP contribution is 2.48. The molecule has 3 heterocycles. The topological polar surface area (TPSA) is 94.7 Å². The highest BCUT2D eigenvalue weighted by molar-refractivity contribution is 7.24. The predicted octanol–water partition coefficient (Wildman–Crippen LogP) is 2.80. The van der Waals surface area contributed by atoms with E-state index in [1.807, 2.05) is 0 Å². The van der Waals surface area contributed by atoms with Crippen molar-refractivity contribution >= 4 is 33.8 Å². The minimum atomic E-state index is -0.837. The number of piperazine rings is 1. The Morgan fingerprint density at radius 2 is 1.97 bits per heavy atom. The molecule has 0 amide bonds. The highest BCUT2D eigenvalue weighted by Gasteiger charge is 2.34. The van der Waals surface area contributed by atoms with Crippen molar-refractivity contribution in [2.24, 2.45) is 11.3 Å². The summed E-state index contributed by atoms with van der Waals surface area (Å²) in [6.45, 7) is 8.73. The van der Waals surface area contributed by atoms with E-state index in [1.165, 1.54) is 4.88 Å². The number of nitrogens with one attached hydrogen (secondary N) is 1. The molecule has 0 radical (unpaired) electrons. The number of thiophene rings is 1. The molecule has 4 N–H and O–H groups in total. The number of nitrogens with zero attached hydrogens (tertiary/aromatic N) is 3. The van der Waals surface area contributed by atoms with Gasteiger partial charge in [0, 0.05) is 31.1 Å². The number of thiazole rings is 1. The number of carboxylic acids is 1. The van der Waals surface area contributed by atoms with E-state index < -0.39 is 5.97 Å². The monoisotopic (exact) mass is 435 g/mol. The van der Waals surface area contributed by atoms with Crippen LogP contribution < -0.4 is 16.2 Å². The Morgan fingerprint density at radius 1 is 1.24 bits per heavy atom. The largest absolute Gasteiger partial charge is 0.478 e. The molecule has 0 aromatic carbocycles. The van der Waals surface area contributed by atoms with E-state index in [1.54, 1.807) is 22.7 Å². The second kappa shape index (κ2) is 7.96. The summed E-state index contributed by atoms with van der Waals surface area (Å²) >= 11 is 3.24. The molecule has 1 fully saturated rings. The third-order valence-corrected chi connectivity index (χ3v) is 8.54. The first-order valence-corrected chi connectivity index (χ1v) is 11.7. The van der Waals surface area contributed by atoms with E-state index in [2.05, 4.69) is 36.1 Å². The number of aryl methyl sites for hydroxylation is 1. The Kier molecular flexibility index (Phi) is 5.69. The second-order valence-corrected chi connectivity index (χ2v) is 10.9. The van der Waals surface area contributed by atoms with E-state index in [4.69, 9.17) is 10.8 Å². The minimum Gasteiger partial charge on any atom is -0.478 e. The van der Waals surface area contributed by atoms with Gasteiger partial charge in [0.25, 0.3) is 0 Å². The molecule has 0 atom stereocenters. The molecule has 9 heteroatoms. The normalized spacial score (nSPS) is 19.4. The Labute approximate surface area is 179 Å². The molecule has 4 rings (SSSR count). The van der Waals surface area contributed by atoms with Gasteiger partial charge in [0.15, 0.2) is 5.13 Å². The zero-order valence-electron chi connectivity index (χ0n) is 17.2. The van der Waals surface area contributed by atoms with Crippen LogP contribution in [0.4, 0.5) is 5.13 Å². The molecule has 158 valence electrons. The van der Waals surface area contributed by atoms with Gasteiger partial charge in [-0.2, -0.15) is 0 Å². The van der Waals surface area contributed by atoms with Gasteiger partial charge in [-0.05, 0) is 37.3 Å². The van der Waals surface area contributed by atoms with Gasteiger partial charge in [-0.3, -0.25) is 11.3 Å². The number of fused-ring (bicyclic) bond motifs is 1. The maximum atomic E-state index is 12.3. The first-order chi connectivity index (χ1) is 13.8. The Morgan fingerprint density at radius 3 is 2.62 bits per heavy atom. The molecule has 2 aromatic heterocycles. The molecule has 0 unspecified atom stereocenters. The number of rotatable bonds is 5. The standard InChI is InChI=1S/C20H29N5O2S2/c1-20(2)5-4-14-12(10-20)15(18(26)27)17(28-14)16-13(11-22-21)23-19(29-16)25-8-6-24(3)7-9-25/h22H,4-11,21H2,1-3H3,(H,26,27). The number of likely N-dealkylation sites (N-methyl/N-ethyl adjacent to an activating group) is 1. The Hall–Kier alpha value is -1.52. The van der Waals surface area contributed by atoms with Gasteiger partial charge < -0.3 is 14.9 Å². The molecule has 1 saturated heterocycles. The Bertz CT molecular complexity index is 912. The van der Waals surface area contributed by atoms with Crippen LogP contribution in [0.15, 0.2) is 0 Å². The first kappa shape index (κ1) is 20.7. The number of hydrogen-bond acceptors (Lipinski definition) is 8. The van der Waals surface area contributed by atoms with Crippen LogP contribution in [0.3, 0.4) is 0 Å². The summed E-state index contributed by atoms with van der Waals surface area (Å²) in [5.74, 6) is 4.79. The number of anilines is 1. The van der Waals surface area contributed by atoms with Crippen molar-refractivity contribution in [3.8, 4) is 9.75 Å². The third kappa shape index (κ3) is 4.06. The fourth-order valence-corrected chi connectivity index (χ4v) is 6.77. The van der Waals surface area contributed by atoms with Crippen molar-refractivity contribution in [1.29, 1.82) is 0 Å². The fourth-order valence-electron chi connectivity index (χ4n) is 4.17.